The van der Waals surface area contributed by atoms with Crippen molar-refractivity contribution in [3.05, 3.63) is 52.8 Å². The molecule has 0 radical (unpaired) electrons. The summed E-state index contributed by atoms with van der Waals surface area (Å²) in [6.45, 7) is 1.29. The number of halogens is 1. The summed E-state index contributed by atoms with van der Waals surface area (Å²) in [4.78, 5) is 26.0. The van der Waals surface area contributed by atoms with Crippen LogP contribution in [-0.2, 0) is 11.3 Å². The van der Waals surface area contributed by atoms with Crippen molar-refractivity contribution < 1.29 is 14.7 Å². The molecule has 6 nitrogen and oxygen atoms in total. The Morgan fingerprint density at radius 1 is 1.23 bits per heavy atom. The van der Waals surface area contributed by atoms with Gasteiger partial charge in [0.15, 0.2) is 0 Å². The molecule has 2 heterocycles. The summed E-state index contributed by atoms with van der Waals surface area (Å²) in [7, 11) is 0. The standard InChI is InChI=1S/C19H20ClN3O3/c20-17-4-2-1-3-13(17)8-23-9-14(7-21-23)18(24)22-10-15(12-5-6-12)16(11-22)19(25)26/h1-4,7,9,12,15-16H,5-6,8,10-11H2,(H,25,26)/t15-,16+/m1/s1. The van der Waals surface area contributed by atoms with Gasteiger partial charge < -0.3 is 10.0 Å². The minimum Gasteiger partial charge on any atom is -0.481 e. The summed E-state index contributed by atoms with van der Waals surface area (Å²) in [6.07, 6.45) is 5.39. The highest BCUT2D eigenvalue weighted by molar-refractivity contribution is 6.31. The molecule has 1 saturated carbocycles. The number of likely N-dealkylation sites (tertiary alicyclic amines) is 1. The number of rotatable bonds is 5. The second-order valence-corrected chi connectivity index (χ2v) is 7.58. The molecule has 0 spiro atoms. The summed E-state index contributed by atoms with van der Waals surface area (Å²) < 4.78 is 1.68. The van der Waals surface area contributed by atoms with Gasteiger partial charge in [0, 0.05) is 24.3 Å². The molecule has 26 heavy (non-hydrogen) atoms. The number of carbonyl (C=O) groups is 2. The fraction of sp³-hybridized carbons (Fsp3) is 0.421. The van der Waals surface area contributed by atoms with Crippen molar-refractivity contribution in [2.75, 3.05) is 13.1 Å². The van der Waals surface area contributed by atoms with Crippen LogP contribution in [0.5, 0.6) is 0 Å². The average Bonchev–Trinajstić information content (AvgIpc) is 3.19. The number of benzene rings is 1. The van der Waals surface area contributed by atoms with Crippen LogP contribution in [0.15, 0.2) is 36.7 Å². The van der Waals surface area contributed by atoms with Gasteiger partial charge in [-0.05, 0) is 36.3 Å². The van der Waals surface area contributed by atoms with Crippen LogP contribution >= 0.6 is 11.6 Å². The van der Waals surface area contributed by atoms with Gasteiger partial charge >= 0.3 is 5.97 Å². The summed E-state index contributed by atoms with van der Waals surface area (Å²) in [5.74, 6) is -0.868. The van der Waals surface area contributed by atoms with Crippen LogP contribution in [-0.4, -0.2) is 44.8 Å². The molecule has 0 bridgehead atoms. The second kappa shape index (κ2) is 6.76. The molecular formula is C19H20ClN3O3. The molecular weight excluding hydrogens is 354 g/mol. The van der Waals surface area contributed by atoms with Crippen LogP contribution in [0, 0.1) is 17.8 Å². The fourth-order valence-electron chi connectivity index (χ4n) is 3.80. The third-order valence-corrected chi connectivity index (χ3v) is 5.74. The molecule has 4 rings (SSSR count). The van der Waals surface area contributed by atoms with E-state index < -0.39 is 11.9 Å². The maximum Gasteiger partial charge on any atom is 0.308 e. The van der Waals surface area contributed by atoms with Crippen LogP contribution in [0.4, 0.5) is 0 Å². The Bertz CT molecular complexity index is 846. The van der Waals surface area contributed by atoms with E-state index in [1.165, 1.54) is 0 Å². The summed E-state index contributed by atoms with van der Waals surface area (Å²) in [6, 6.07) is 7.52. The van der Waals surface area contributed by atoms with E-state index in [9.17, 15) is 14.7 Å². The predicted molar refractivity (Wildman–Crippen MR) is 96.0 cm³/mol. The van der Waals surface area contributed by atoms with E-state index in [0.717, 1.165) is 18.4 Å². The largest absolute Gasteiger partial charge is 0.481 e. The summed E-state index contributed by atoms with van der Waals surface area (Å²) in [5, 5.41) is 14.4. The van der Waals surface area contributed by atoms with Crippen molar-refractivity contribution in [1.82, 2.24) is 14.7 Å². The Kier molecular flexibility index (Phi) is 4.44. The van der Waals surface area contributed by atoms with Gasteiger partial charge in [0.1, 0.15) is 0 Å². The van der Waals surface area contributed by atoms with Gasteiger partial charge in [0.25, 0.3) is 5.91 Å². The number of hydrogen-bond donors (Lipinski definition) is 1. The van der Waals surface area contributed by atoms with E-state index in [2.05, 4.69) is 5.10 Å². The van der Waals surface area contributed by atoms with E-state index in [4.69, 9.17) is 11.6 Å². The number of hydrogen-bond acceptors (Lipinski definition) is 3. The van der Waals surface area contributed by atoms with Crippen molar-refractivity contribution in [1.29, 1.82) is 0 Å². The smallest absolute Gasteiger partial charge is 0.308 e. The Hall–Kier alpha value is -2.34. The lowest BCUT2D eigenvalue weighted by Gasteiger charge is -2.15. The first-order valence-corrected chi connectivity index (χ1v) is 9.18. The minimum absolute atomic E-state index is 0.0784. The number of carbonyl (C=O) groups excluding carboxylic acids is 1. The quantitative estimate of drug-likeness (QED) is 0.874. The van der Waals surface area contributed by atoms with Gasteiger partial charge in [-0.2, -0.15) is 5.10 Å². The molecule has 1 saturated heterocycles. The van der Waals surface area contributed by atoms with Gasteiger partial charge in [-0.3, -0.25) is 14.3 Å². The monoisotopic (exact) mass is 373 g/mol. The predicted octanol–water partition coefficient (Wildman–Crippen LogP) is 2.77. The number of aromatic nitrogens is 2. The van der Waals surface area contributed by atoms with Crippen molar-refractivity contribution in [3.8, 4) is 0 Å². The van der Waals surface area contributed by atoms with Gasteiger partial charge in [0.05, 0.1) is 24.2 Å². The summed E-state index contributed by atoms with van der Waals surface area (Å²) >= 11 is 6.17. The minimum atomic E-state index is -0.799. The van der Waals surface area contributed by atoms with E-state index in [1.807, 2.05) is 24.3 Å². The number of amides is 1. The highest BCUT2D eigenvalue weighted by Crippen LogP contribution is 2.44. The first-order valence-electron chi connectivity index (χ1n) is 8.81. The first-order chi connectivity index (χ1) is 12.5. The Morgan fingerprint density at radius 2 is 2.00 bits per heavy atom. The molecule has 1 aliphatic carbocycles. The molecule has 2 atom stereocenters. The van der Waals surface area contributed by atoms with Gasteiger partial charge in [-0.1, -0.05) is 29.8 Å². The highest BCUT2D eigenvalue weighted by Gasteiger charge is 2.47. The zero-order valence-electron chi connectivity index (χ0n) is 14.2. The maximum atomic E-state index is 12.8. The van der Waals surface area contributed by atoms with Crippen LogP contribution in [0.3, 0.4) is 0 Å². The molecule has 2 aliphatic rings. The van der Waals surface area contributed by atoms with E-state index in [1.54, 1.807) is 22.0 Å². The number of nitrogens with zero attached hydrogens (tertiary/aromatic N) is 3. The molecule has 2 fully saturated rings. The third kappa shape index (κ3) is 3.33. The zero-order valence-corrected chi connectivity index (χ0v) is 15.0. The molecule has 1 aromatic carbocycles. The number of carboxylic acids is 1. The molecule has 2 aromatic rings. The lowest BCUT2D eigenvalue weighted by Crippen LogP contribution is -2.29. The first kappa shape index (κ1) is 17.1. The van der Waals surface area contributed by atoms with Crippen molar-refractivity contribution in [3.63, 3.8) is 0 Å². The average molecular weight is 374 g/mol. The van der Waals surface area contributed by atoms with Crippen LogP contribution in [0.2, 0.25) is 5.02 Å². The normalized spacial score (nSPS) is 22.6. The van der Waals surface area contributed by atoms with Gasteiger partial charge in [0.2, 0.25) is 0 Å². The van der Waals surface area contributed by atoms with Crippen LogP contribution < -0.4 is 0 Å². The molecule has 1 aromatic heterocycles. The van der Waals surface area contributed by atoms with Crippen molar-refractivity contribution >= 4 is 23.5 Å². The number of carboxylic acid groups (broad SMARTS) is 1. The second-order valence-electron chi connectivity index (χ2n) is 7.17. The maximum absolute atomic E-state index is 12.8. The van der Waals surface area contributed by atoms with E-state index in [-0.39, 0.29) is 18.4 Å². The molecule has 0 unspecified atom stereocenters. The van der Waals surface area contributed by atoms with Crippen LogP contribution in [0.25, 0.3) is 0 Å². The molecule has 1 N–H and O–H groups in total. The van der Waals surface area contributed by atoms with E-state index in [0.29, 0.717) is 29.6 Å². The third-order valence-electron chi connectivity index (χ3n) is 5.37. The van der Waals surface area contributed by atoms with Gasteiger partial charge in [-0.15, -0.1) is 0 Å². The SMILES string of the molecule is O=C(O)[C@H]1CN(C(=O)c2cnn(Cc3ccccc3Cl)c2)C[C@@H]1C1CC1. The number of aliphatic carboxylic acids is 1. The Morgan fingerprint density at radius 3 is 2.69 bits per heavy atom. The molecule has 1 aliphatic heterocycles. The zero-order chi connectivity index (χ0) is 18.3. The lowest BCUT2D eigenvalue weighted by atomic mass is 9.92. The Balaban J connectivity index is 1.46. The van der Waals surface area contributed by atoms with Gasteiger partial charge in [-0.25, -0.2) is 0 Å². The van der Waals surface area contributed by atoms with Crippen molar-refractivity contribution in [2.45, 2.75) is 19.4 Å². The van der Waals surface area contributed by atoms with E-state index >= 15 is 0 Å². The molecule has 7 heteroatoms. The molecule has 136 valence electrons. The summed E-state index contributed by atoms with van der Waals surface area (Å²) in [5.41, 5.74) is 1.41. The highest BCUT2D eigenvalue weighted by atomic mass is 35.5. The Labute approximate surface area is 156 Å². The topological polar surface area (TPSA) is 75.4 Å². The molecule has 1 amide bonds. The fourth-order valence-corrected chi connectivity index (χ4v) is 4.00. The van der Waals surface area contributed by atoms with Crippen molar-refractivity contribution in [2.24, 2.45) is 17.8 Å². The van der Waals surface area contributed by atoms with Crippen LogP contribution in [0.1, 0.15) is 28.8 Å². The lowest BCUT2D eigenvalue weighted by molar-refractivity contribution is -0.142.